The van der Waals surface area contributed by atoms with E-state index in [1.54, 1.807) is 12.5 Å². The highest BCUT2D eigenvalue weighted by atomic mass is 16.5. The average Bonchev–Trinajstić information content (AvgIpc) is 3.14. The Hall–Kier alpha value is -2.73. The van der Waals surface area contributed by atoms with E-state index in [0.717, 1.165) is 43.1 Å². The summed E-state index contributed by atoms with van der Waals surface area (Å²) in [4.78, 5) is 8.36. The molecule has 2 aromatic heterocycles. The van der Waals surface area contributed by atoms with Gasteiger partial charge in [-0.3, -0.25) is 4.98 Å². The SMILES string of the molecule is c1cncc(COc2ccc(CN[C@H]3CCc4ncnn4C3)cc2)c1. The summed E-state index contributed by atoms with van der Waals surface area (Å²) in [5.41, 5.74) is 2.32. The van der Waals surface area contributed by atoms with Crippen LogP contribution >= 0.6 is 0 Å². The number of pyridine rings is 1. The highest BCUT2D eigenvalue weighted by molar-refractivity contribution is 5.27. The highest BCUT2D eigenvalue weighted by Gasteiger charge is 2.18. The zero-order valence-corrected chi connectivity index (χ0v) is 14.0. The summed E-state index contributed by atoms with van der Waals surface area (Å²) in [6.45, 7) is 2.27. The Morgan fingerprint density at radius 3 is 2.92 bits per heavy atom. The van der Waals surface area contributed by atoms with Crippen molar-refractivity contribution in [3.05, 3.63) is 72.1 Å². The summed E-state index contributed by atoms with van der Waals surface area (Å²) in [5, 5.41) is 7.87. The number of ether oxygens (including phenoxy) is 1. The number of fused-ring (bicyclic) bond motifs is 1. The standard InChI is InChI=1S/C19H21N5O/c1-2-16(10-20-9-1)13-25-18-6-3-15(4-7-18)11-21-17-5-8-19-22-14-23-24(19)12-17/h1-4,6-7,9-10,14,17,21H,5,8,11-13H2/t17-/m0/s1. The first-order chi connectivity index (χ1) is 12.4. The number of hydrogen-bond donors (Lipinski definition) is 1. The molecule has 4 rings (SSSR count). The molecule has 0 saturated carbocycles. The minimum atomic E-state index is 0.440. The lowest BCUT2D eigenvalue weighted by atomic mass is 10.1. The largest absolute Gasteiger partial charge is 0.489 e. The molecule has 25 heavy (non-hydrogen) atoms. The van der Waals surface area contributed by atoms with E-state index in [9.17, 15) is 0 Å². The van der Waals surface area contributed by atoms with Crippen molar-refractivity contribution in [3.8, 4) is 5.75 Å². The monoisotopic (exact) mass is 335 g/mol. The van der Waals surface area contributed by atoms with E-state index in [-0.39, 0.29) is 0 Å². The van der Waals surface area contributed by atoms with E-state index in [4.69, 9.17) is 4.74 Å². The second-order valence-electron chi connectivity index (χ2n) is 6.27. The molecule has 6 heteroatoms. The third-order valence-electron chi connectivity index (χ3n) is 4.45. The smallest absolute Gasteiger partial charge is 0.138 e. The number of hydrogen-bond acceptors (Lipinski definition) is 5. The molecule has 3 aromatic rings. The first kappa shape index (κ1) is 15.8. The topological polar surface area (TPSA) is 64.9 Å². The molecular weight excluding hydrogens is 314 g/mol. The van der Waals surface area contributed by atoms with Crippen LogP contribution < -0.4 is 10.1 Å². The molecule has 0 radical (unpaired) electrons. The van der Waals surface area contributed by atoms with Crippen LogP contribution in [-0.2, 0) is 26.1 Å². The first-order valence-corrected chi connectivity index (χ1v) is 8.57. The van der Waals surface area contributed by atoms with Gasteiger partial charge in [0.25, 0.3) is 0 Å². The van der Waals surface area contributed by atoms with Crippen molar-refractivity contribution in [3.63, 3.8) is 0 Å². The van der Waals surface area contributed by atoms with Crippen molar-refractivity contribution in [2.24, 2.45) is 0 Å². The summed E-state index contributed by atoms with van der Waals surface area (Å²) >= 11 is 0. The zero-order valence-electron chi connectivity index (χ0n) is 14.0. The van der Waals surface area contributed by atoms with Crippen LogP contribution in [-0.4, -0.2) is 25.8 Å². The lowest BCUT2D eigenvalue weighted by molar-refractivity contribution is 0.305. The fraction of sp³-hybridized carbons (Fsp3) is 0.316. The molecule has 1 aliphatic heterocycles. The maximum Gasteiger partial charge on any atom is 0.138 e. The maximum absolute atomic E-state index is 5.79. The van der Waals surface area contributed by atoms with Gasteiger partial charge in [-0.25, -0.2) is 9.67 Å². The number of aryl methyl sites for hydroxylation is 1. The minimum absolute atomic E-state index is 0.440. The average molecular weight is 335 g/mol. The molecule has 0 spiro atoms. The number of benzene rings is 1. The van der Waals surface area contributed by atoms with Gasteiger partial charge in [0, 0.05) is 37.0 Å². The van der Waals surface area contributed by atoms with Crippen LogP contribution in [0.5, 0.6) is 5.75 Å². The van der Waals surface area contributed by atoms with Gasteiger partial charge in [-0.2, -0.15) is 5.10 Å². The van der Waals surface area contributed by atoms with Gasteiger partial charge >= 0.3 is 0 Å². The molecule has 0 aliphatic carbocycles. The van der Waals surface area contributed by atoms with Gasteiger partial charge in [0.2, 0.25) is 0 Å². The summed E-state index contributed by atoms with van der Waals surface area (Å²) in [6.07, 6.45) is 7.32. The molecule has 0 amide bonds. The molecule has 1 aliphatic rings. The second-order valence-corrected chi connectivity index (χ2v) is 6.27. The Kier molecular flexibility index (Phi) is 4.70. The molecule has 6 nitrogen and oxygen atoms in total. The van der Waals surface area contributed by atoms with E-state index in [2.05, 4.69) is 32.5 Å². The van der Waals surface area contributed by atoms with Crippen molar-refractivity contribution < 1.29 is 4.74 Å². The molecule has 1 aromatic carbocycles. The van der Waals surface area contributed by atoms with Crippen molar-refractivity contribution in [2.75, 3.05) is 0 Å². The molecule has 1 N–H and O–H groups in total. The third-order valence-corrected chi connectivity index (χ3v) is 4.45. The van der Waals surface area contributed by atoms with Crippen molar-refractivity contribution in [1.82, 2.24) is 25.1 Å². The zero-order chi connectivity index (χ0) is 16.9. The molecule has 128 valence electrons. The predicted octanol–water partition coefficient (Wildman–Crippen LogP) is 2.36. The fourth-order valence-corrected chi connectivity index (χ4v) is 3.02. The summed E-state index contributed by atoms with van der Waals surface area (Å²) < 4.78 is 7.79. The van der Waals surface area contributed by atoms with E-state index in [0.29, 0.717) is 12.6 Å². The van der Waals surface area contributed by atoms with E-state index in [1.807, 2.05) is 35.1 Å². The minimum Gasteiger partial charge on any atom is -0.489 e. The van der Waals surface area contributed by atoms with Gasteiger partial charge in [0.15, 0.2) is 0 Å². The first-order valence-electron chi connectivity index (χ1n) is 8.57. The summed E-state index contributed by atoms with van der Waals surface area (Å²) in [7, 11) is 0. The van der Waals surface area contributed by atoms with E-state index in [1.165, 1.54) is 5.56 Å². The van der Waals surface area contributed by atoms with Crippen LogP contribution in [0.3, 0.4) is 0 Å². The lowest BCUT2D eigenvalue weighted by Gasteiger charge is -2.23. The van der Waals surface area contributed by atoms with E-state index >= 15 is 0 Å². The van der Waals surface area contributed by atoms with Gasteiger partial charge in [-0.1, -0.05) is 18.2 Å². The van der Waals surface area contributed by atoms with Crippen LogP contribution in [0.15, 0.2) is 55.1 Å². The van der Waals surface area contributed by atoms with Crippen LogP contribution in [0.25, 0.3) is 0 Å². The normalized spacial score (nSPS) is 16.4. The van der Waals surface area contributed by atoms with Crippen molar-refractivity contribution in [1.29, 1.82) is 0 Å². The van der Waals surface area contributed by atoms with E-state index < -0.39 is 0 Å². The Labute approximate surface area is 146 Å². The van der Waals surface area contributed by atoms with Crippen molar-refractivity contribution in [2.45, 2.75) is 38.6 Å². The quantitative estimate of drug-likeness (QED) is 0.749. The molecular formula is C19H21N5O. The number of nitrogens with zero attached hydrogens (tertiary/aromatic N) is 4. The number of aromatic nitrogens is 4. The van der Waals surface area contributed by atoms with Gasteiger partial charge in [-0.05, 0) is 30.2 Å². The highest BCUT2D eigenvalue weighted by Crippen LogP contribution is 2.15. The van der Waals surface area contributed by atoms with Crippen LogP contribution in [0, 0.1) is 0 Å². The maximum atomic E-state index is 5.79. The Bertz CT molecular complexity index is 800. The lowest BCUT2D eigenvalue weighted by Crippen LogP contribution is -2.37. The molecule has 3 heterocycles. The third kappa shape index (κ3) is 4.03. The van der Waals surface area contributed by atoms with Crippen LogP contribution in [0.1, 0.15) is 23.4 Å². The molecule has 1 atom stereocenters. The Balaban J connectivity index is 1.26. The number of nitrogens with one attached hydrogen (secondary N) is 1. The molecule has 0 bridgehead atoms. The molecule has 0 unspecified atom stereocenters. The summed E-state index contributed by atoms with van der Waals surface area (Å²) in [5.74, 6) is 1.96. The van der Waals surface area contributed by atoms with Gasteiger partial charge in [0.1, 0.15) is 24.5 Å². The van der Waals surface area contributed by atoms with Crippen LogP contribution in [0.4, 0.5) is 0 Å². The van der Waals surface area contributed by atoms with Crippen molar-refractivity contribution >= 4 is 0 Å². The number of rotatable bonds is 6. The fourth-order valence-electron chi connectivity index (χ4n) is 3.02. The Morgan fingerprint density at radius 2 is 2.08 bits per heavy atom. The van der Waals surface area contributed by atoms with Gasteiger partial charge in [-0.15, -0.1) is 0 Å². The second kappa shape index (κ2) is 7.44. The molecule has 0 fully saturated rings. The van der Waals surface area contributed by atoms with Crippen LogP contribution in [0.2, 0.25) is 0 Å². The van der Waals surface area contributed by atoms with Gasteiger partial charge in [0.05, 0.1) is 6.54 Å². The Morgan fingerprint density at radius 1 is 1.16 bits per heavy atom. The van der Waals surface area contributed by atoms with Gasteiger partial charge < -0.3 is 10.1 Å². The predicted molar refractivity (Wildman–Crippen MR) is 94.0 cm³/mol. The summed E-state index contributed by atoms with van der Waals surface area (Å²) in [6, 6.07) is 12.6. The molecule has 0 saturated heterocycles.